The van der Waals surface area contributed by atoms with E-state index in [2.05, 4.69) is 36.1 Å². The van der Waals surface area contributed by atoms with E-state index >= 15 is 0 Å². The molecule has 4 amide bonds. The van der Waals surface area contributed by atoms with Crippen LogP contribution in [0.25, 0.3) is 11.1 Å². The van der Waals surface area contributed by atoms with Crippen LogP contribution in [0.1, 0.15) is 88.8 Å². The highest BCUT2D eigenvalue weighted by atomic mass is 32.1. The van der Waals surface area contributed by atoms with Crippen LogP contribution in [0.2, 0.25) is 0 Å². The lowest BCUT2D eigenvalue weighted by atomic mass is 9.94. The number of methoxy groups -OCH3 is 2. The molecule has 0 radical (unpaired) electrons. The molecule has 2 saturated heterocycles. The lowest BCUT2D eigenvalue weighted by Gasteiger charge is -2.42. The van der Waals surface area contributed by atoms with E-state index in [0.717, 1.165) is 53.5 Å². The minimum atomic E-state index is -0.930. The quantitative estimate of drug-likeness (QED) is 0.133. The molecule has 4 aromatic rings. The van der Waals surface area contributed by atoms with Gasteiger partial charge in [0.1, 0.15) is 19.0 Å². The summed E-state index contributed by atoms with van der Waals surface area (Å²) in [5.41, 5.74) is 6.36. The van der Waals surface area contributed by atoms with Crippen LogP contribution < -0.4 is 19.3 Å². The van der Waals surface area contributed by atoms with E-state index in [0.29, 0.717) is 69.0 Å². The summed E-state index contributed by atoms with van der Waals surface area (Å²) in [6.45, 7) is 11.1. The first-order valence-electron chi connectivity index (χ1n) is 24.9. The SMILES string of the molecule is C=CCOC(=O)N1c2cc(C)c(OC)cc2C(=O)N2CC=C(c3ccsc3)C[C@H]2C1OC1CCCCO1.C=CCOC(=O)N1c2cc(O)c(OC)cc2C(=O)N2CC=C(c3ccsc3)C[C@H]2C1OC1CCCCO1. The number of ether oxygens (including phenoxy) is 8. The summed E-state index contributed by atoms with van der Waals surface area (Å²) >= 11 is 3.22. The monoisotopic (exact) mass is 1050 g/mol. The number of phenols is 1. The Morgan fingerprint density at radius 2 is 1.18 bits per heavy atom. The number of hydrogen-bond acceptors (Lipinski definition) is 15. The number of aromatic hydroxyl groups is 1. The zero-order valence-corrected chi connectivity index (χ0v) is 43.4. The van der Waals surface area contributed by atoms with Crippen LogP contribution >= 0.6 is 22.7 Å². The molecule has 8 heterocycles. The second-order valence-corrected chi connectivity index (χ2v) is 20.0. The molecule has 392 valence electrons. The molecular weight excluding hydrogens is 989 g/mol. The van der Waals surface area contributed by atoms with Gasteiger partial charge in [-0.3, -0.25) is 9.59 Å². The van der Waals surface area contributed by atoms with Gasteiger partial charge in [-0.15, -0.1) is 0 Å². The van der Waals surface area contributed by atoms with E-state index in [4.69, 9.17) is 37.9 Å². The smallest absolute Gasteiger partial charge is 0.416 e. The topological polar surface area (TPSA) is 175 Å². The maximum atomic E-state index is 14.0. The Hall–Kier alpha value is -6.48. The molecule has 19 heteroatoms. The van der Waals surface area contributed by atoms with Gasteiger partial charge in [0.25, 0.3) is 11.8 Å². The van der Waals surface area contributed by atoms with Gasteiger partial charge in [-0.1, -0.05) is 37.5 Å². The maximum absolute atomic E-state index is 14.0. The number of aryl methyl sites for hydroxylation is 1. The van der Waals surface area contributed by atoms with E-state index in [1.807, 2.05) is 29.8 Å². The van der Waals surface area contributed by atoms with Crippen molar-refractivity contribution in [3.8, 4) is 17.2 Å². The van der Waals surface area contributed by atoms with Crippen LogP contribution in [0.5, 0.6) is 17.2 Å². The van der Waals surface area contributed by atoms with E-state index < -0.39 is 49.3 Å². The summed E-state index contributed by atoms with van der Waals surface area (Å²) in [7, 11) is 2.97. The normalized spacial score (nSPS) is 23.4. The molecule has 2 aromatic carbocycles. The lowest BCUT2D eigenvalue weighted by molar-refractivity contribution is -0.197. The fourth-order valence-corrected chi connectivity index (χ4v) is 11.6. The summed E-state index contributed by atoms with van der Waals surface area (Å²) in [5.74, 6) is 0.0153. The van der Waals surface area contributed by atoms with Crippen LogP contribution in [0, 0.1) is 6.92 Å². The zero-order valence-electron chi connectivity index (χ0n) is 41.8. The third kappa shape index (κ3) is 11.0. The van der Waals surface area contributed by atoms with Crippen molar-refractivity contribution < 1.29 is 62.2 Å². The molecule has 10 rings (SSSR count). The molecule has 6 atom stereocenters. The van der Waals surface area contributed by atoms with E-state index in [-0.39, 0.29) is 47.8 Å². The standard InChI is InChI=1S/C28H32N2O6S.C27H30N2O7S/c1-4-11-35-28(32)30-22-14-18(2)24(33-3)16-21(22)26(31)29-10-8-19(20-9-13-37-17-20)15-23(29)27(30)36-25-7-5-6-12-34-25;1-3-10-35-27(32)29-20-15-22(30)23(33-2)14-19(20)25(31)28-9-7-17(18-8-12-37-16-18)13-21(28)26(29)36-24-6-4-5-11-34-24/h4,8-9,13-14,16-17,23,25,27H,1,5-7,10-12,15H2,2-3H3;3,7-8,12,14-16,21,24,26,30H,1,4-6,9-11,13H2,2H3/t23-,25?,27?;21-,24?,26?/m00/s1. The first-order valence-corrected chi connectivity index (χ1v) is 26.7. The van der Waals surface area contributed by atoms with Gasteiger partial charge >= 0.3 is 12.2 Å². The van der Waals surface area contributed by atoms with Gasteiger partial charge in [0.05, 0.1) is 48.8 Å². The number of carbonyl (C=O) groups excluding carboxylic acids is 4. The molecule has 74 heavy (non-hydrogen) atoms. The van der Waals surface area contributed by atoms with Crippen LogP contribution in [0.4, 0.5) is 21.0 Å². The molecule has 2 fully saturated rings. The van der Waals surface area contributed by atoms with Crippen LogP contribution in [-0.2, 0) is 28.4 Å². The van der Waals surface area contributed by atoms with Gasteiger partial charge < -0.3 is 52.8 Å². The van der Waals surface area contributed by atoms with E-state index in [1.54, 1.807) is 51.7 Å². The fraction of sp³-hybridized carbons (Fsp3) is 0.418. The summed E-state index contributed by atoms with van der Waals surface area (Å²) < 4.78 is 46.7. The van der Waals surface area contributed by atoms with Gasteiger partial charge in [0.2, 0.25) is 0 Å². The van der Waals surface area contributed by atoms with Crippen LogP contribution in [0.15, 0.2) is 95.4 Å². The van der Waals surface area contributed by atoms with Crippen molar-refractivity contribution in [1.82, 2.24) is 9.80 Å². The highest BCUT2D eigenvalue weighted by molar-refractivity contribution is 7.08. The van der Waals surface area contributed by atoms with Crippen LogP contribution in [-0.4, -0.2) is 130 Å². The molecule has 6 aliphatic rings. The van der Waals surface area contributed by atoms with Crippen molar-refractivity contribution in [3.63, 3.8) is 0 Å². The number of rotatable bonds is 12. The third-order valence-corrected chi connectivity index (χ3v) is 15.3. The van der Waals surface area contributed by atoms with Gasteiger partial charge in [0.15, 0.2) is 36.5 Å². The Labute approximate surface area is 438 Å². The van der Waals surface area contributed by atoms with Crippen molar-refractivity contribution in [3.05, 3.63) is 123 Å². The summed E-state index contributed by atoms with van der Waals surface area (Å²) in [4.78, 5) is 61.5. The molecule has 17 nitrogen and oxygen atoms in total. The molecule has 0 spiro atoms. The maximum Gasteiger partial charge on any atom is 0.416 e. The zero-order chi connectivity index (χ0) is 51.9. The summed E-state index contributed by atoms with van der Waals surface area (Å²) in [5, 5.41) is 18.8. The van der Waals surface area contributed by atoms with E-state index in [9.17, 15) is 24.3 Å². The highest BCUT2D eigenvalue weighted by Crippen LogP contribution is 2.44. The highest BCUT2D eigenvalue weighted by Gasteiger charge is 2.49. The molecule has 0 saturated carbocycles. The third-order valence-electron chi connectivity index (χ3n) is 13.9. The molecule has 2 aromatic heterocycles. The van der Waals surface area contributed by atoms with Crippen molar-refractivity contribution in [1.29, 1.82) is 0 Å². The number of phenolic OH excluding ortho intramolecular Hbond substituents is 1. The van der Waals surface area contributed by atoms with Crippen molar-refractivity contribution >= 4 is 69.2 Å². The number of benzene rings is 2. The minimum Gasteiger partial charge on any atom is -0.504 e. The van der Waals surface area contributed by atoms with Crippen molar-refractivity contribution in [2.75, 3.05) is 63.5 Å². The Kier molecular flexibility index (Phi) is 16.9. The molecule has 4 unspecified atom stereocenters. The predicted molar refractivity (Wildman–Crippen MR) is 281 cm³/mol. The average Bonchev–Trinajstić information content (AvgIpc) is 4.17. The number of amides is 4. The number of hydrogen-bond donors (Lipinski definition) is 1. The Bertz CT molecular complexity index is 2560. The van der Waals surface area contributed by atoms with Gasteiger partial charge in [-0.2, -0.15) is 22.7 Å². The Morgan fingerprint density at radius 3 is 1.59 bits per heavy atom. The lowest BCUT2D eigenvalue weighted by Crippen LogP contribution is -2.57. The molecule has 1 N–H and O–H groups in total. The second-order valence-electron chi connectivity index (χ2n) is 18.4. The fourth-order valence-electron chi connectivity index (χ4n) is 10.2. The number of thiophene rings is 2. The molecule has 6 aliphatic heterocycles. The largest absolute Gasteiger partial charge is 0.504 e. The minimum absolute atomic E-state index is 0.0260. The Balaban J connectivity index is 0.000000182. The summed E-state index contributed by atoms with van der Waals surface area (Å²) in [6.07, 6.45) is 9.18. The molecule has 0 aliphatic carbocycles. The van der Waals surface area contributed by atoms with Crippen molar-refractivity contribution in [2.24, 2.45) is 0 Å². The van der Waals surface area contributed by atoms with E-state index in [1.165, 1.54) is 41.2 Å². The number of carbonyl (C=O) groups is 4. The second kappa shape index (κ2) is 23.8. The van der Waals surface area contributed by atoms with Crippen LogP contribution in [0.3, 0.4) is 0 Å². The first kappa shape index (κ1) is 52.4. The number of nitrogens with zero attached hydrogens (tertiary/aromatic N) is 4. The van der Waals surface area contributed by atoms with Gasteiger partial charge in [-0.25, -0.2) is 19.4 Å². The molecule has 0 bridgehead atoms. The van der Waals surface area contributed by atoms with Crippen molar-refractivity contribution in [2.45, 2.75) is 95.4 Å². The Morgan fingerprint density at radius 1 is 0.703 bits per heavy atom. The molecular formula is C55H62N4O13S2. The van der Waals surface area contributed by atoms with Gasteiger partial charge in [-0.05, 0) is 138 Å². The number of anilines is 2. The first-order chi connectivity index (χ1) is 36.0. The summed E-state index contributed by atoms with van der Waals surface area (Å²) in [6, 6.07) is 9.44. The average molecular weight is 1050 g/mol. The number of fused-ring (bicyclic) bond motifs is 4. The predicted octanol–water partition coefficient (Wildman–Crippen LogP) is 10.1. The van der Waals surface area contributed by atoms with Gasteiger partial charge in [0, 0.05) is 32.4 Å².